The van der Waals surface area contributed by atoms with E-state index >= 15 is 0 Å². The van der Waals surface area contributed by atoms with Crippen molar-refractivity contribution in [3.05, 3.63) is 12.7 Å². The van der Waals surface area contributed by atoms with Crippen LogP contribution in [0.25, 0.3) is 0 Å². The van der Waals surface area contributed by atoms with Crippen molar-refractivity contribution in [2.24, 2.45) is 5.92 Å². The van der Waals surface area contributed by atoms with Crippen molar-refractivity contribution in [2.45, 2.75) is 39.2 Å². The van der Waals surface area contributed by atoms with Crippen molar-refractivity contribution in [1.29, 1.82) is 0 Å². The molecule has 1 aliphatic heterocycles. The summed E-state index contributed by atoms with van der Waals surface area (Å²) in [4.78, 5) is 2.52. The van der Waals surface area contributed by atoms with Crippen LogP contribution in [-0.2, 0) is 0 Å². The lowest BCUT2D eigenvalue weighted by Gasteiger charge is -2.35. The molecule has 0 spiro atoms. The first-order valence-corrected chi connectivity index (χ1v) is 6.34. The average molecular weight is 210 g/mol. The van der Waals surface area contributed by atoms with Crippen molar-refractivity contribution in [3.63, 3.8) is 0 Å². The molecule has 0 amide bonds. The third kappa shape index (κ3) is 4.35. The molecule has 0 aromatic heterocycles. The Morgan fingerprint density at radius 1 is 1.60 bits per heavy atom. The van der Waals surface area contributed by atoms with E-state index in [-0.39, 0.29) is 0 Å². The molecule has 1 N–H and O–H groups in total. The van der Waals surface area contributed by atoms with Gasteiger partial charge in [0.05, 0.1) is 0 Å². The predicted molar refractivity (Wildman–Crippen MR) is 67.1 cm³/mol. The Hall–Kier alpha value is -0.340. The first-order chi connectivity index (χ1) is 7.27. The molecule has 0 radical (unpaired) electrons. The number of rotatable bonds is 6. The molecule has 1 rings (SSSR count). The summed E-state index contributed by atoms with van der Waals surface area (Å²) in [5.74, 6) is 0.824. The number of likely N-dealkylation sites (tertiary alicyclic amines) is 1. The first kappa shape index (κ1) is 12.7. The minimum atomic E-state index is 0.664. The monoisotopic (exact) mass is 210 g/mol. The molecule has 2 heteroatoms. The number of hydrogen-bond acceptors (Lipinski definition) is 2. The smallest absolute Gasteiger partial charge is 0.0160 e. The van der Waals surface area contributed by atoms with Gasteiger partial charge in [0.25, 0.3) is 0 Å². The fourth-order valence-electron chi connectivity index (χ4n) is 2.39. The van der Waals surface area contributed by atoms with Gasteiger partial charge in [-0.1, -0.05) is 13.0 Å². The normalized spacial score (nSPS) is 25.1. The zero-order valence-electron chi connectivity index (χ0n) is 10.3. The SMILES string of the molecule is C=CCN1CCCC(C(C)NCCC)C1. The van der Waals surface area contributed by atoms with Crippen molar-refractivity contribution in [3.8, 4) is 0 Å². The van der Waals surface area contributed by atoms with Crippen LogP contribution >= 0.6 is 0 Å². The van der Waals surface area contributed by atoms with Crippen LogP contribution < -0.4 is 5.32 Å². The quantitative estimate of drug-likeness (QED) is 0.677. The van der Waals surface area contributed by atoms with Gasteiger partial charge in [-0.25, -0.2) is 0 Å². The van der Waals surface area contributed by atoms with Crippen molar-refractivity contribution in [2.75, 3.05) is 26.2 Å². The molecule has 0 aromatic rings. The molecule has 15 heavy (non-hydrogen) atoms. The van der Waals surface area contributed by atoms with E-state index < -0.39 is 0 Å². The minimum Gasteiger partial charge on any atom is -0.314 e. The molecule has 88 valence electrons. The van der Waals surface area contributed by atoms with Gasteiger partial charge in [-0.2, -0.15) is 0 Å². The van der Waals surface area contributed by atoms with Crippen LogP contribution in [0.4, 0.5) is 0 Å². The van der Waals surface area contributed by atoms with E-state index in [1.54, 1.807) is 0 Å². The van der Waals surface area contributed by atoms with Gasteiger partial charge in [0.2, 0.25) is 0 Å². The van der Waals surface area contributed by atoms with E-state index in [1.165, 1.54) is 32.4 Å². The molecule has 1 saturated heterocycles. The highest BCUT2D eigenvalue weighted by molar-refractivity contribution is 4.83. The number of nitrogens with one attached hydrogen (secondary N) is 1. The van der Waals surface area contributed by atoms with Crippen molar-refractivity contribution < 1.29 is 0 Å². The summed E-state index contributed by atoms with van der Waals surface area (Å²) < 4.78 is 0. The Balaban J connectivity index is 2.30. The molecule has 1 fully saturated rings. The molecule has 0 aromatic carbocycles. The number of piperidine rings is 1. The maximum absolute atomic E-state index is 3.82. The summed E-state index contributed by atoms with van der Waals surface area (Å²) in [6.07, 6.45) is 5.97. The number of nitrogens with zero attached hydrogens (tertiary/aromatic N) is 1. The molecule has 0 bridgehead atoms. The van der Waals surface area contributed by atoms with Gasteiger partial charge in [-0.15, -0.1) is 6.58 Å². The molecule has 0 aliphatic carbocycles. The molecule has 0 saturated carbocycles. The zero-order chi connectivity index (χ0) is 11.1. The Morgan fingerprint density at radius 3 is 3.07 bits per heavy atom. The van der Waals surface area contributed by atoms with Crippen molar-refractivity contribution >= 4 is 0 Å². The van der Waals surface area contributed by atoms with E-state index in [9.17, 15) is 0 Å². The molecule has 1 heterocycles. The highest BCUT2D eigenvalue weighted by Gasteiger charge is 2.23. The maximum atomic E-state index is 3.82. The maximum Gasteiger partial charge on any atom is 0.0160 e. The van der Waals surface area contributed by atoms with E-state index in [4.69, 9.17) is 0 Å². The van der Waals surface area contributed by atoms with E-state index in [2.05, 4.69) is 30.6 Å². The summed E-state index contributed by atoms with van der Waals surface area (Å²) in [5.41, 5.74) is 0. The fourth-order valence-corrected chi connectivity index (χ4v) is 2.39. The van der Waals surface area contributed by atoms with Crippen molar-refractivity contribution in [1.82, 2.24) is 10.2 Å². The van der Waals surface area contributed by atoms with Gasteiger partial charge < -0.3 is 5.32 Å². The van der Waals surface area contributed by atoms with Crippen LogP contribution in [0.15, 0.2) is 12.7 Å². The van der Waals surface area contributed by atoms with E-state index in [1.807, 2.05) is 6.08 Å². The summed E-state index contributed by atoms with van der Waals surface area (Å²) in [7, 11) is 0. The van der Waals surface area contributed by atoms with Crippen LogP contribution in [0.3, 0.4) is 0 Å². The number of hydrogen-bond donors (Lipinski definition) is 1. The molecular formula is C13H26N2. The second kappa shape index (κ2) is 7.02. The van der Waals surface area contributed by atoms with Gasteiger partial charge in [0, 0.05) is 19.1 Å². The summed E-state index contributed by atoms with van der Waals surface area (Å²) in [6.45, 7) is 13.1. The van der Waals surface area contributed by atoms with Crippen LogP contribution in [0.5, 0.6) is 0 Å². The van der Waals surface area contributed by atoms with Crippen LogP contribution in [0.1, 0.15) is 33.1 Å². The van der Waals surface area contributed by atoms with Crippen LogP contribution in [-0.4, -0.2) is 37.1 Å². The average Bonchev–Trinajstić information content (AvgIpc) is 2.27. The Morgan fingerprint density at radius 2 is 2.40 bits per heavy atom. The predicted octanol–water partition coefficient (Wildman–Crippen LogP) is 2.27. The second-order valence-electron chi connectivity index (χ2n) is 4.69. The lowest BCUT2D eigenvalue weighted by Crippen LogP contribution is -2.44. The second-order valence-corrected chi connectivity index (χ2v) is 4.69. The molecule has 2 nitrogen and oxygen atoms in total. The Kier molecular flexibility index (Phi) is 5.96. The van der Waals surface area contributed by atoms with Crippen LogP contribution in [0, 0.1) is 5.92 Å². The minimum absolute atomic E-state index is 0.664. The van der Waals surface area contributed by atoms with Gasteiger partial charge in [-0.3, -0.25) is 4.90 Å². The standard InChI is InChI=1S/C13H26N2/c1-4-8-14-12(3)13-7-6-10-15(11-13)9-5-2/h5,12-14H,2,4,6-11H2,1,3H3. The molecule has 1 aliphatic rings. The third-order valence-corrected chi connectivity index (χ3v) is 3.35. The van der Waals surface area contributed by atoms with Gasteiger partial charge >= 0.3 is 0 Å². The van der Waals surface area contributed by atoms with E-state index in [0.717, 1.165) is 19.0 Å². The zero-order valence-corrected chi connectivity index (χ0v) is 10.3. The highest BCUT2D eigenvalue weighted by atomic mass is 15.1. The highest BCUT2D eigenvalue weighted by Crippen LogP contribution is 2.19. The van der Waals surface area contributed by atoms with Crippen LogP contribution in [0.2, 0.25) is 0 Å². The lowest BCUT2D eigenvalue weighted by molar-refractivity contribution is 0.164. The lowest BCUT2D eigenvalue weighted by atomic mass is 9.91. The first-order valence-electron chi connectivity index (χ1n) is 6.34. The third-order valence-electron chi connectivity index (χ3n) is 3.35. The fraction of sp³-hybridized carbons (Fsp3) is 0.846. The molecule has 2 atom stereocenters. The summed E-state index contributed by atoms with van der Waals surface area (Å²) in [5, 5.41) is 3.61. The topological polar surface area (TPSA) is 15.3 Å². The molecular weight excluding hydrogens is 184 g/mol. The molecule has 2 unspecified atom stereocenters. The summed E-state index contributed by atoms with van der Waals surface area (Å²) in [6, 6.07) is 0.664. The van der Waals surface area contributed by atoms with E-state index in [0.29, 0.717) is 6.04 Å². The largest absolute Gasteiger partial charge is 0.314 e. The van der Waals surface area contributed by atoms with Gasteiger partial charge in [0.15, 0.2) is 0 Å². The van der Waals surface area contributed by atoms with Gasteiger partial charge in [0.1, 0.15) is 0 Å². The van der Waals surface area contributed by atoms with Gasteiger partial charge in [-0.05, 0) is 45.2 Å². The summed E-state index contributed by atoms with van der Waals surface area (Å²) >= 11 is 0. The Bertz CT molecular complexity index is 179. The Labute approximate surface area is 94.7 Å².